The quantitative estimate of drug-likeness (QED) is 0.426. The maximum absolute atomic E-state index is 12.8. The van der Waals surface area contributed by atoms with E-state index >= 15 is 0 Å². The van der Waals surface area contributed by atoms with Gasteiger partial charge in [0.25, 0.3) is 11.8 Å². The van der Waals surface area contributed by atoms with Crippen molar-refractivity contribution in [2.24, 2.45) is 5.73 Å². The lowest BCUT2D eigenvalue weighted by atomic mass is 10.1. The summed E-state index contributed by atoms with van der Waals surface area (Å²) in [6, 6.07) is 20.7. The number of nitrogens with zero attached hydrogens (tertiary/aromatic N) is 1. The van der Waals surface area contributed by atoms with Crippen LogP contribution in [0.25, 0.3) is 0 Å². The average molecular weight is 489 g/mol. The Bertz CT molecular complexity index is 1220. The van der Waals surface area contributed by atoms with Gasteiger partial charge in [0.1, 0.15) is 12.4 Å². The van der Waals surface area contributed by atoms with E-state index in [0.717, 1.165) is 18.7 Å². The van der Waals surface area contributed by atoms with Crippen LogP contribution in [0.3, 0.4) is 0 Å². The Morgan fingerprint density at radius 2 is 1.58 bits per heavy atom. The van der Waals surface area contributed by atoms with Crippen molar-refractivity contribution in [3.63, 3.8) is 0 Å². The van der Waals surface area contributed by atoms with Gasteiger partial charge < -0.3 is 25.8 Å². The van der Waals surface area contributed by atoms with Gasteiger partial charge in [-0.15, -0.1) is 0 Å². The molecule has 0 aliphatic carbocycles. The minimum absolute atomic E-state index is 0.0915. The topological polar surface area (TPSA) is 123 Å². The van der Waals surface area contributed by atoms with Crippen molar-refractivity contribution in [3.8, 4) is 5.75 Å². The fourth-order valence-corrected chi connectivity index (χ4v) is 3.76. The van der Waals surface area contributed by atoms with Gasteiger partial charge >= 0.3 is 0 Å². The maximum atomic E-state index is 12.8. The molecule has 0 saturated carbocycles. The van der Waals surface area contributed by atoms with Gasteiger partial charge in [0, 0.05) is 30.0 Å². The van der Waals surface area contributed by atoms with Crippen molar-refractivity contribution in [1.29, 1.82) is 0 Å². The zero-order chi connectivity index (χ0) is 25.3. The summed E-state index contributed by atoms with van der Waals surface area (Å²) in [5, 5.41) is 5.72. The number of anilines is 2. The first-order valence-electron chi connectivity index (χ1n) is 11.6. The molecular formula is C27H28N4O5. The van der Waals surface area contributed by atoms with Gasteiger partial charge in [-0.3, -0.25) is 19.3 Å². The van der Waals surface area contributed by atoms with E-state index in [-0.39, 0.29) is 18.4 Å². The molecule has 4 rings (SSSR count). The van der Waals surface area contributed by atoms with Crippen molar-refractivity contribution >= 4 is 29.1 Å². The van der Waals surface area contributed by atoms with Crippen LogP contribution in [0.5, 0.6) is 5.75 Å². The predicted molar refractivity (Wildman–Crippen MR) is 136 cm³/mol. The van der Waals surface area contributed by atoms with E-state index in [1.54, 1.807) is 66.7 Å². The number of ether oxygens (including phenoxy) is 2. The van der Waals surface area contributed by atoms with E-state index in [2.05, 4.69) is 10.6 Å². The molecule has 1 saturated heterocycles. The van der Waals surface area contributed by atoms with Crippen molar-refractivity contribution in [2.45, 2.75) is 6.61 Å². The summed E-state index contributed by atoms with van der Waals surface area (Å²) in [7, 11) is 0. The lowest BCUT2D eigenvalue weighted by molar-refractivity contribution is -0.118. The van der Waals surface area contributed by atoms with Crippen LogP contribution in [-0.4, -0.2) is 55.5 Å². The Hall–Kier alpha value is -4.21. The second-order valence-corrected chi connectivity index (χ2v) is 8.32. The van der Waals surface area contributed by atoms with E-state index in [1.165, 1.54) is 0 Å². The largest absolute Gasteiger partial charge is 0.488 e. The average Bonchev–Trinajstić information content (AvgIpc) is 2.89. The highest BCUT2D eigenvalue weighted by molar-refractivity contribution is 6.04. The van der Waals surface area contributed by atoms with Gasteiger partial charge in [0.2, 0.25) is 5.91 Å². The Morgan fingerprint density at radius 1 is 0.889 bits per heavy atom. The molecule has 3 aromatic carbocycles. The predicted octanol–water partition coefficient (Wildman–Crippen LogP) is 2.89. The molecule has 3 aromatic rings. The summed E-state index contributed by atoms with van der Waals surface area (Å²) in [6.07, 6.45) is 0. The summed E-state index contributed by atoms with van der Waals surface area (Å²) in [5.41, 5.74) is 8.17. The molecule has 9 nitrogen and oxygen atoms in total. The Morgan fingerprint density at radius 3 is 2.31 bits per heavy atom. The summed E-state index contributed by atoms with van der Waals surface area (Å²) in [5.74, 6) is -0.553. The van der Waals surface area contributed by atoms with Crippen molar-refractivity contribution < 1.29 is 23.9 Å². The highest BCUT2D eigenvalue weighted by Crippen LogP contribution is 2.20. The molecule has 1 aliphatic heterocycles. The number of carbonyl (C=O) groups is 3. The number of hydrogen-bond donors (Lipinski definition) is 3. The number of nitrogens with one attached hydrogen (secondary N) is 2. The SMILES string of the molecule is NC(=O)c1ccccc1OCc1cccc(C(=O)Nc2ccc(NC(=O)CN3CCOCC3)cc2)c1. The number of nitrogens with two attached hydrogens (primary N) is 1. The number of hydrogen-bond acceptors (Lipinski definition) is 6. The van der Waals surface area contributed by atoms with Crippen LogP contribution in [0.2, 0.25) is 0 Å². The zero-order valence-corrected chi connectivity index (χ0v) is 19.7. The van der Waals surface area contributed by atoms with Gasteiger partial charge in [-0.05, 0) is 54.1 Å². The molecule has 1 fully saturated rings. The monoisotopic (exact) mass is 488 g/mol. The molecule has 1 aliphatic rings. The van der Waals surface area contributed by atoms with Gasteiger partial charge in [-0.2, -0.15) is 0 Å². The molecule has 0 atom stereocenters. The first-order chi connectivity index (χ1) is 17.5. The lowest BCUT2D eigenvalue weighted by Crippen LogP contribution is -2.41. The number of carbonyl (C=O) groups excluding carboxylic acids is 3. The second-order valence-electron chi connectivity index (χ2n) is 8.32. The number of amides is 3. The van der Waals surface area contributed by atoms with Crippen LogP contribution >= 0.6 is 0 Å². The molecule has 9 heteroatoms. The van der Waals surface area contributed by atoms with Gasteiger partial charge in [-0.25, -0.2) is 0 Å². The van der Waals surface area contributed by atoms with Crippen LogP contribution in [0.15, 0.2) is 72.8 Å². The Labute approximate surface area is 209 Å². The normalized spacial score (nSPS) is 13.6. The van der Waals surface area contributed by atoms with Gasteiger partial charge in [0.05, 0.1) is 25.3 Å². The minimum Gasteiger partial charge on any atom is -0.488 e. The summed E-state index contributed by atoms with van der Waals surface area (Å²) in [6.45, 7) is 3.25. The molecule has 36 heavy (non-hydrogen) atoms. The van der Waals surface area contributed by atoms with E-state index in [4.69, 9.17) is 15.2 Å². The summed E-state index contributed by atoms with van der Waals surface area (Å²) < 4.78 is 11.0. The fraction of sp³-hybridized carbons (Fsp3) is 0.222. The molecule has 0 radical (unpaired) electrons. The van der Waals surface area contributed by atoms with Gasteiger partial charge in [-0.1, -0.05) is 24.3 Å². The van der Waals surface area contributed by atoms with Crippen LogP contribution in [-0.2, 0) is 16.1 Å². The molecule has 1 heterocycles. The fourth-order valence-electron chi connectivity index (χ4n) is 3.76. The van der Waals surface area contributed by atoms with Crippen molar-refractivity contribution in [1.82, 2.24) is 4.90 Å². The number of para-hydroxylation sites is 1. The lowest BCUT2D eigenvalue weighted by Gasteiger charge is -2.25. The van der Waals surface area contributed by atoms with Crippen LogP contribution in [0.1, 0.15) is 26.3 Å². The standard InChI is InChI=1S/C27H28N4O5/c28-26(33)23-6-1-2-7-24(23)36-18-19-4-3-5-20(16-19)27(34)30-22-10-8-21(9-11-22)29-25(32)17-31-12-14-35-15-13-31/h1-11,16H,12-15,17-18H2,(H2,28,33)(H,29,32)(H,30,34). The van der Waals surface area contributed by atoms with Crippen LogP contribution < -0.4 is 21.1 Å². The number of primary amides is 1. The first-order valence-corrected chi connectivity index (χ1v) is 11.6. The zero-order valence-electron chi connectivity index (χ0n) is 19.7. The molecule has 0 spiro atoms. The van der Waals surface area contributed by atoms with E-state index in [9.17, 15) is 14.4 Å². The molecule has 186 valence electrons. The number of rotatable bonds is 9. The van der Waals surface area contributed by atoms with Crippen LogP contribution in [0, 0.1) is 0 Å². The minimum atomic E-state index is -0.568. The number of morpholine rings is 1. The molecule has 0 aromatic heterocycles. The third-order valence-corrected chi connectivity index (χ3v) is 5.63. The third kappa shape index (κ3) is 6.91. The number of benzene rings is 3. The van der Waals surface area contributed by atoms with E-state index in [1.807, 2.05) is 11.0 Å². The van der Waals surface area contributed by atoms with E-state index < -0.39 is 5.91 Å². The van der Waals surface area contributed by atoms with E-state index in [0.29, 0.717) is 48.0 Å². The molecule has 0 unspecified atom stereocenters. The molecular weight excluding hydrogens is 460 g/mol. The molecule has 0 bridgehead atoms. The van der Waals surface area contributed by atoms with Crippen molar-refractivity contribution in [3.05, 3.63) is 89.5 Å². The third-order valence-electron chi connectivity index (χ3n) is 5.63. The van der Waals surface area contributed by atoms with Crippen molar-refractivity contribution in [2.75, 3.05) is 43.5 Å². The van der Waals surface area contributed by atoms with Gasteiger partial charge in [0.15, 0.2) is 0 Å². The second kappa shape index (κ2) is 12.0. The Balaban J connectivity index is 1.31. The van der Waals surface area contributed by atoms with Crippen LogP contribution in [0.4, 0.5) is 11.4 Å². The smallest absolute Gasteiger partial charge is 0.255 e. The highest BCUT2D eigenvalue weighted by Gasteiger charge is 2.14. The first kappa shape index (κ1) is 24.9. The maximum Gasteiger partial charge on any atom is 0.255 e. The molecule has 3 amide bonds. The highest BCUT2D eigenvalue weighted by atomic mass is 16.5. The Kier molecular flexibility index (Phi) is 8.28. The molecule has 4 N–H and O–H groups in total. The summed E-state index contributed by atoms with van der Waals surface area (Å²) in [4.78, 5) is 38.6. The summed E-state index contributed by atoms with van der Waals surface area (Å²) >= 11 is 0.